The number of aryl methyl sites for hydroxylation is 1. The number of benzene rings is 1. The van der Waals surface area contributed by atoms with Crippen molar-refractivity contribution >= 4 is 31.9 Å². The van der Waals surface area contributed by atoms with E-state index in [1.54, 1.807) is 14.0 Å². The van der Waals surface area contributed by atoms with Crippen molar-refractivity contribution < 1.29 is 18.3 Å². The molecule has 1 aliphatic rings. The second-order valence-corrected chi connectivity index (χ2v) is 8.30. The second-order valence-electron chi connectivity index (χ2n) is 5.49. The molecule has 0 unspecified atom stereocenters. The smallest absolute Gasteiger partial charge is 0.335 e. The Labute approximate surface area is 133 Å². The van der Waals surface area contributed by atoms with Crippen molar-refractivity contribution in [2.24, 2.45) is 5.92 Å². The van der Waals surface area contributed by atoms with Gasteiger partial charge in [-0.25, -0.2) is 17.5 Å². The van der Waals surface area contributed by atoms with E-state index >= 15 is 0 Å². The van der Waals surface area contributed by atoms with Gasteiger partial charge in [-0.3, -0.25) is 0 Å². The first kappa shape index (κ1) is 16.5. The number of carboxylic acids is 1. The van der Waals surface area contributed by atoms with Crippen LogP contribution in [0.5, 0.6) is 0 Å². The van der Waals surface area contributed by atoms with Gasteiger partial charge >= 0.3 is 5.97 Å². The van der Waals surface area contributed by atoms with Crippen LogP contribution in [0.15, 0.2) is 21.5 Å². The highest BCUT2D eigenvalue weighted by Gasteiger charge is 2.29. The number of carboxylic acid groups (broad SMARTS) is 1. The number of rotatable bonds is 5. The Morgan fingerprint density at radius 2 is 2.05 bits per heavy atom. The zero-order valence-corrected chi connectivity index (χ0v) is 14.4. The van der Waals surface area contributed by atoms with E-state index in [2.05, 4.69) is 15.9 Å². The van der Waals surface area contributed by atoms with Gasteiger partial charge in [0, 0.05) is 18.1 Å². The Hall–Kier alpha value is -0.920. The number of halogens is 1. The monoisotopic (exact) mass is 375 g/mol. The highest BCUT2D eigenvalue weighted by Crippen LogP contribution is 2.32. The average Bonchev–Trinajstić information content (AvgIpc) is 2.35. The molecule has 1 saturated carbocycles. The molecule has 0 spiro atoms. The molecule has 1 fully saturated rings. The van der Waals surface area contributed by atoms with Gasteiger partial charge in [0.25, 0.3) is 0 Å². The van der Waals surface area contributed by atoms with Gasteiger partial charge in [-0.15, -0.1) is 0 Å². The Balaban J connectivity index is 2.40. The van der Waals surface area contributed by atoms with Crippen LogP contribution in [0.3, 0.4) is 0 Å². The highest BCUT2D eigenvalue weighted by molar-refractivity contribution is 9.10. The van der Waals surface area contributed by atoms with Crippen molar-refractivity contribution in [1.29, 1.82) is 0 Å². The van der Waals surface area contributed by atoms with Crippen molar-refractivity contribution in [1.82, 2.24) is 4.31 Å². The molecule has 0 amide bonds. The molecule has 0 bridgehead atoms. The lowest BCUT2D eigenvalue weighted by Crippen LogP contribution is -2.34. The van der Waals surface area contributed by atoms with Gasteiger partial charge in [0.15, 0.2) is 0 Å². The largest absolute Gasteiger partial charge is 0.478 e. The lowest BCUT2D eigenvalue weighted by atomic mass is 9.86. The molecule has 116 valence electrons. The van der Waals surface area contributed by atoms with E-state index in [-0.39, 0.29) is 10.5 Å². The minimum Gasteiger partial charge on any atom is -0.478 e. The molecule has 7 heteroatoms. The van der Waals surface area contributed by atoms with Crippen LogP contribution in [-0.2, 0) is 10.0 Å². The van der Waals surface area contributed by atoms with Crippen molar-refractivity contribution in [3.05, 3.63) is 27.7 Å². The summed E-state index contributed by atoms with van der Waals surface area (Å²) in [5, 5.41) is 9.10. The Kier molecular flexibility index (Phi) is 4.75. The SMILES string of the molecule is Cc1cc(C(=O)O)cc(S(=O)(=O)N(C)CC2CCC2)c1Br. The molecule has 0 radical (unpaired) electrons. The first-order valence-electron chi connectivity index (χ1n) is 6.73. The van der Waals surface area contributed by atoms with E-state index in [9.17, 15) is 13.2 Å². The molecule has 2 rings (SSSR count). The zero-order valence-electron chi connectivity index (χ0n) is 12.0. The number of aromatic carboxylic acids is 1. The van der Waals surface area contributed by atoms with Crippen molar-refractivity contribution in [3.8, 4) is 0 Å². The third-order valence-electron chi connectivity index (χ3n) is 3.90. The van der Waals surface area contributed by atoms with Crippen molar-refractivity contribution in [3.63, 3.8) is 0 Å². The highest BCUT2D eigenvalue weighted by atomic mass is 79.9. The molecule has 1 aromatic rings. The van der Waals surface area contributed by atoms with Gasteiger partial charge in [0.1, 0.15) is 0 Å². The maximum absolute atomic E-state index is 12.7. The maximum atomic E-state index is 12.7. The summed E-state index contributed by atoms with van der Waals surface area (Å²) in [7, 11) is -2.15. The lowest BCUT2D eigenvalue weighted by Gasteiger charge is -2.30. The van der Waals surface area contributed by atoms with E-state index in [0.717, 1.165) is 19.3 Å². The molecule has 0 heterocycles. The van der Waals surface area contributed by atoms with Crippen LogP contribution in [0.1, 0.15) is 35.2 Å². The van der Waals surface area contributed by atoms with Crippen LogP contribution in [0.25, 0.3) is 0 Å². The van der Waals surface area contributed by atoms with Crippen LogP contribution >= 0.6 is 15.9 Å². The first-order chi connectivity index (χ1) is 9.73. The molecule has 1 N–H and O–H groups in total. The van der Waals surface area contributed by atoms with Crippen molar-refractivity contribution in [2.75, 3.05) is 13.6 Å². The Bertz CT molecular complexity index is 668. The Morgan fingerprint density at radius 3 is 2.52 bits per heavy atom. The summed E-state index contributed by atoms with van der Waals surface area (Å²) < 4.78 is 27.1. The summed E-state index contributed by atoms with van der Waals surface area (Å²) in [6.45, 7) is 2.16. The number of sulfonamides is 1. The van der Waals surface area contributed by atoms with E-state index in [4.69, 9.17) is 5.11 Å². The van der Waals surface area contributed by atoms with E-state index in [1.165, 1.54) is 16.4 Å². The third kappa shape index (κ3) is 3.30. The molecular formula is C14H18BrNO4S. The molecule has 0 aliphatic heterocycles. The third-order valence-corrected chi connectivity index (χ3v) is 7.06. The lowest BCUT2D eigenvalue weighted by molar-refractivity contribution is 0.0696. The first-order valence-corrected chi connectivity index (χ1v) is 8.96. The molecule has 0 aromatic heterocycles. The number of hydrogen-bond donors (Lipinski definition) is 1. The number of nitrogens with zero attached hydrogens (tertiary/aromatic N) is 1. The second kappa shape index (κ2) is 6.06. The van der Waals surface area contributed by atoms with Gasteiger partial charge in [-0.2, -0.15) is 0 Å². The van der Waals surface area contributed by atoms with E-state index < -0.39 is 16.0 Å². The summed E-state index contributed by atoms with van der Waals surface area (Å²) in [4.78, 5) is 11.1. The normalized spacial score (nSPS) is 16.0. The fourth-order valence-electron chi connectivity index (χ4n) is 2.35. The quantitative estimate of drug-likeness (QED) is 0.858. The van der Waals surface area contributed by atoms with Crippen LogP contribution in [0.2, 0.25) is 0 Å². The molecule has 5 nitrogen and oxygen atoms in total. The van der Waals surface area contributed by atoms with Crippen LogP contribution in [0.4, 0.5) is 0 Å². The van der Waals surface area contributed by atoms with E-state index in [0.29, 0.717) is 22.5 Å². The van der Waals surface area contributed by atoms with Gasteiger partial charge < -0.3 is 5.11 Å². The molecule has 0 atom stereocenters. The predicted molar refractivity (Wildman–Crippen MR) is 83.0 cm³/mol. The minimum absolute atomic E-state index is 0.0155. The summed E-state index contributed by atoms with van der Waals surface area (Å²) >= 11 is 3.27. The van der Waals surface area contributed by atoms with Crippen LogP contribution in [0, 0.1) is 12.8 Å². The minimum atomic E-state index is -3.70. The standard InChI is InChI=1S/C14H18BrNO4S/c1-9-6-11(14(17)18)7-12(13(9)15)21(19,20)16(2)8-10-4-3-5-10/h6-7,10H,3-5,8H2,1-2H3,(H,17,18). The van der Waals surface area contributed by atoms with Gasteiger partial charge in [0.2, 0.25) is 10.0 Å². The number of carbonyl (C=O) groups is 1. The molecule has 1 aromatic carbocycles. The predicted octanol–water partition coefficient (Wildman–Crippen LogP) is 2.88. The van der Waals surface area contributed by atoms with Gasteiger partial charge in [-0.1, -0.05) is 6.42 Å². The fraction of sp³-hybridized carbons (Fsp3) is 0.500. The van der Waals surface area contributed by atoms with Gasteiger partial charge in [0.05, 0.1) is 10.5 Å². The number of hydrogen-bond acceptors (Lipinski definition) is 3. The fourth-order valence-corrected chi connectivity index (χ4v) is 4.60. The molecule has 0 saturated heterocycles. The summed E-state index contributed by atoms with van der Waals surface area (Å²) in [6, 6.07) is 2.67. The summed E-state index contributed by atoms with van der Waals surface area (Å²) in [5.74, 6) is -0.726. The topological polar surface area (TPSA) is 74.7 Å². The molecular weight excluding hydrogens is 358 g/mol. The van der Waals surface area contributed by atoms with Crippen molar-refractivity contribution in [2.45, 2.75) is 31.1 Å². The van der Waals surface area contributed by atoms with Crippen LogP contribution < -0.4 is 0 Å². The summed E-state index contributed by atoms with van der Waals surface area (Å²) in [6.07, 6.45) is 3.25. The molecule has 21 heavy (non-hydrogen) atoms. The van der Waals surface area contributed by atoms with Gasteiger partial charge in [-0.05, 0) is 59.3 Å². The summed E-state index contributed by atoms with van der Waals surface area (Å²) in [5.41, 5.74) is 0.567. The van der Waals surface area contributed by atoms with Crippen LogP contribution in [-0.4, -0.2) is 37.4 Å². The average molecular weight is 376 g/mol. The molecule has 1 aliphatic carbocycles. The zero-order chi connectivity index (χ0) is 15.8. The Morgan fingerprint density at radius 1 is 1.43 bits per heavy atom. The maximum Gasteiger partial charge on any atom is 0.335 e. The van der Waals surface area contributed by atoms with E-state index in [1.807, 2.05) is 0 Å².